The van der Waals surface area contributed by atoms with Gasteiger partial charge in [-0.15, -0.1) is 4.48 Å². The maximum absolute atomic E-state index is 12.2. The molecule has 1 nitrogen and oxygen atoms in total. The van der Waals surface area contributed by atoms with Crippen LogP contribution in [0.2, 0.25) is 0 Å². The van der Waals surface area contributed by atoms with Crippen molar-refractivity contribution in [3.8, 4) is 0 Å². The fourth-order valence-electron chi connectivity index (χ4n) is 0.679. The molecular weight excluding hydrogens is 136 g/mol. The van der Waals surface area contributed by atoms with E-state index in [4.69, 9.17) is 0 Å². The molecule has 1 aromatic carbocycles. The maximum Gasteiger partial charge on any atom is 0.123 e. The lowest BCUT2D eigenvalue weighted by molar-refractivity contribution is 0.330. The topological polar surface area (TPSA) is 12.0 Å². The molecule has 1 aromatic rings. The lowest BCUT2D eigenvalue weighted by Gasteiger charge is -1.94. The number of nitrogens with one attached hydrogen (secondary N) is 1. The molecule has 0 saturated heterocycles. The zero-order valence-corrected chi connectivity index (χ0v) is 5.27. The van der Waals surface area contributed by atoms with Crippen LogP contribution in [0.25, 0.3) is 0 Å². The second-order valence-corrected chi connectivity index (χ2v) is 1.94. The Labute approximate surface area is 57.6 Å². The van der Waals surface area contributed by atoms with Crippen molar-refractivity contribution in [2.45, 2.75) is 6.54 Å². The van der Waals surface area contributed by atoms with Gasteiger partial charge in [0.1, 0.15) is 5.82 Å². The summed E-state index contributed by atoms with van der Waals surface area (Å²) in [5, 5.41) is 0. The van der Waals surface area contributed by atoms with Gasteiger partial charge in [0.2, 0.25) is 0 Å². The molecule has 0 aromatic heterocycles. The highest BCUT2D eigenvalue weighted by atomic mass is 19.2. The van der Waals surface area contributed by atoms with Gasteiger partial charge in [-0.1, -0.05) is 12.1 Å². The molecule has 0 saturated carbocycles. The highest BCUT2D eigenvalue weighted by Crippen LogP contribution is 2.01. The van der Waals surface area contributed by atoms with E-state index in [-0.39, 0.29) is 12.4 Å². The molecule has 54 valence electrons. The molecular formula is C7H7F2N. The summed E-state index contributed by atoms with van der Waals surface area (Å²) in [6, 6.07) is 5.66. The Morgan fingerprint density at radius 1 is 1.20 bits per heavy atom. The van der Waals surface area contributed by atoms with E-state index < -0.39 is 0 Å². The summed E-state index contributed by atoms with van der Waals surface area (Å²) in [6.45, 7) is 0.125. The Morgan fingerprint density at radius 3 is 2.30 bits per heavy atom. The van der Waals surface area contributed by atoms with Gasteiger partial charge in [0, 0.05) is 0 Å². The fraction of sp³-hybridized carbons (Fsp3) is 0.143. The van der Waals surface area contributed by atoms with E-state index in [1.807, 2.05) is 0 Å². The molecule has 0 spiro atoms. The van der Waals surface area contributed by atoms with E-state index in [9.17, 15) is 8.87 Å². The Hall–Kier alpha value is -0.960. The first-order valence-corrected chi connectivity index (χ1v) is 2.91. The minimum Gasteiger partial charge on any atom is -0.207 e. The Morgan fingerprint density at radius 2 is 1.80 bits per heavy atom. The Bertz CT molecular complexity index is 195. The van der Waals surface area contributed by atoms with Crippen molar-refractivity contribution in [1.29, 1.82) is 0 Å². The third-order valence-corrected chi connectivity index (χ3v) is 1.18. The van der Waals surface area contributed by atoms with Crippen LogP contribution in [0.5, 0.6) is 0 Å². The van der Waals surface area contributed by atoms with Gasteiger partial charge in [0.05, 0.1) is 6.54 Å². The van der Waals surface area contributed by atoms with Crippen molar-refractivity contribution >= 4 is 0 Å². The third kappa shape index (κ3) is 1.77. The van der Waals surface area contributed by atoms with Gasteiger partial charge in [0.25, 0.3) is 0 Å². The van der Waals surface area contributed by atoms with Crippen LogP contribution in [-0.4, -0.2) is 0 Å². The molecule has 0 fully saturated rings. The van der Waals surface area contributed by atoms with Crippen molar-refractivity contribution in [3.05, 3.63) is 35.6 Å². The van der Waals surface area contributed by atoms with E-state index >= 15 is 0 Å². The van der Waals surface area contributed by atoms with Gasteiger partial charge >= 0.3 is 0 Å². The lowest BCUT2D eigenvalue weighted by Crippen LogP contribution is -1.98. The Balaban J connectivity index is 2.69. The molecule has 0 aliphatic carbocycles. The summed E-state index contributed by atoms with van der Waals surface area (Å²) >= 11 is 0. The minimum atomic E-state index is -0.303. The first-order chi connectivity index (χ1) is 4.83. The SMILES string of the molecule is FNCc1ccc(F)cc1. The third-order valence-electron chi connectivity index (χ3n) is 1.18. The molecule has 0 radical (unpaired) electrons. The van der Waals surface area contributed by atoms with Crippen molar-refractivity contribution in [3.63, 3.8) is 0 Å². The predicted molar refractivity (Wildman–Crippen MR) is 34.3 cm³/mol. The molecule has 0 unspecified atom stereocenters. The summed E-state index contributed by atoms with van der Waals surface area (Å²) in [4.78, 5) is 0. The summed E-state index contributed by atoms with van der Waals surface area (Å²) < 4.78 is 23.6. The average molecular weight is 143 g/mol. The highest BCUT2D eigenvalue weighted by molar-refractivity contribution is 5.15. The zero-order chi connectivity index (χ0) is 7.40. The van der Waals surface area contributed by atoms with E-state index in [1.54, 1.807) is 0 Å². The largest absolute Gasteiger partial charge is 0.207 e. The average Bonchev–Trinajstić information content (AvgIpc) is 1.95. The molecule has 0 bridgehead atoms. The molecule has 3 heteroatoms. The monoisotopic (exact) mass is 143 g/mol. The fourth-order valence-corrected chi connectivity index (χ4v) is 0.679. The molecule has 0 aliphatic heterocycles. The van der Waals surface area contributed by atoms with Gasteiger partial charge in [0.15, 0.2) is 0 Å². The second-order valence-electron chi connectivity index (χ2n) is 1.94. The first-order valence-electron chi connectivity index (χ1n) is 2.91. The van der Waals surface area contributed by atoms with Crippen LogP contribution in [0, 0.1) is 5.82 Å². The smallest absolute Gasteiger partial charge is 0.123 e. The standard InChI is InChI=1S/C7H7F2N/c8-7-3-1-6(2-4-7)5-10-9/h1-4,10H,5H2. The van der Waals surface area contributed by atoms with E-state index in [1.165, 1.54) is 29.8 Å². The van der Waals surface area contributed by atoms with Gasteiger partial charge in [-0.05, 0) is 17.7 Å². The Kier molecular flexibility index (Phi) is 2.34. The van der Waals surface area contributed by atoms with Crippen LogP contribution in [0.15, 0.2) is 24.3 Å². The van der Waals surface area contributed by atoms with Crippen LogP contribution in [-0.2, 0) is 6.54 Å². The van der Waals surface area contributed by atoms with Gasteiger partial charge in [-0.25, -0.2) is 4.39 Å². The minimum absolute atomic E-state index is 0.125. The van der Waals surface area contributed by atoms with Gasteiger partial charge in [-0.3, -0.25) is 0 Å². The molecule has 1 rings (SSSR count). The van der Waals surface area contributed by atoms with Crippen molar-refractivity contribution in [1.82, 2.24) is 5.54 Å². The van der Waals surface area contributed by atoms with Crippen LogP contribution < -0.4 is 5.54 Å². The van der Waals surface area contributed by atoms with Gasteiger partial charge in [-0.2, -0.15) is 5.54 Å². The maximum atomic E-state index is 12.2. The number of rotatable bonds is 2. The number of hydrogen-bond acceptors (Lipinski definition) is 1. The second kappa shape index (κ2) is 3.27. The quantitative estimate of drug-likeness (QED) is 0.622. The number of benzene rings is 1. The van der Waals surface area contributed by atoms with Crippen LogP contribution in [0.3, 0.4) is 0 Å². The lowest BCUT2D eigenvalue weighted by atomic mass is 10.2. The molecule has 10 heavy (non-hydrogen) atoms. The van der Waals surface area contributed by atoms with Gasteiger partial charge < -0.3 is 0 Å². The summed E-state index contributed by atoms with van der Waals surface area (Å²) in [5.41, 5.74) is 2.21. The van der Waals surface area contributed by atoms with Crippen LogP contribution in [0.4, 0.5) is 8.87 Å². The van der Waals surface area contributed by atoms with E-state index in [2.05, 4.69) is 0 Å². The molecule has 1 N–H and O–H groups in total. The summed E-state index contributed by atoms with van der Waals surface area (Å²) in [6.07, 6.45) is 0. The van der Waals surface area contributed by atoms with Crippen LogP contribution in [0.1, 0.15) is 5.56 Å². The van der Waals surface area contributed by atoms with E-state index in [0.717, 1.165) is 5.56 Å². The van der Waals surface area contributed by atoms with Crippen molar-refractivity contribution < 1.29 is 8.87 Å². The first kappa shape index (κ1) is 7.15. The molecule has 0 atom stereocenters. The van der Waals surface area contributed by atoms with Crippen molar-refractivity contribution in [2.24, 2.45) is 0 Å². The number of hydrogen-bond donors (Lipinski definition) is 1. The molecule has 0 aliphatic rings. The van der Waals surface area contributed by atoms with Crippen LogP contribution >= 0.6 is 0 Å². The predicted octanol–water partition coefficient (Wildman–Crippen LogP) is 1.80. The normalized spacial score (nSPS) is 9.80. The number of halogens is 2. The zero-order valence-electron chi connectivity index (χ0n) is 5.27. The molecule has 0 heterocycles. The molecule has 0 amide bonds. The summed E-state index contributed by atoms with van der Waals surface area (Å²) in [7, 11) is 0. The highest BCUT2D eigenvalue weighted by Gasteiger charge is 1.90. The van der Waals surface area contributed by atoms with E-state index in [0.29, 0.717) is 0 Å². The van der Waals surface area contributed by atoms with Crippen molar-refractivity contribution in [2.75, 3.05) is 0 Å². The summed E-state index contributed by atoms with van der Waals surface area (Å²) in [5.74, 6) is -0.303.